The van der Waals surface area contributed by atoms with Crippen molar-refractivity contribution in [2.75, 3.05) is 52.2 Å². The van der Waals surface area contributed by atoms with Crippen molar-refractivity contribution in [1.29, 1.82) is 0 Å². The number of fused-ring (bicyclic) bond motifs is 5. The highest BCUT2D eigenvalue weighted by Gasteiger charge is 2.22. The molecule has 11 aromatic rings. The maximum atomic E-state index is 5.46. The van der Waals surface area contributed by atoms with Crippen molar-refractivity contribution in [3.8, 4) is 58.9 Å². The Morgan fingerprint density at radius 3 is 1.20 bits per heavy atom. The van der Waals surface area contributed by atoms with Gasteiger partial charge in [0.15, 0.2) is 0 Å². The molecule has 0 amide bonds. The topological polar surface area (TPSA) is 24.9 Å². The Kier molecular flexibility index (Phi) is 15.9. The van der Waals surface area contributed by atoms with Crippen molar-refractivity contribution in [2.45, 2.75) is 52.4 Å². The quantitative estimate of drug-likeness (QED) is 0.130. The lowest BCUT2D eigenvalue weighted by atomic mass is 9.80. The summed E-state index contributed by atoms with van der Waals surface area (Å²) < 4.78 is 10.9. The predicted molar refractivity (Wildman–Crippen MR) is 349 cm³/mol. The van der Waals surface area contributed by atoms with Gasteiger partial charge in [-0.3, -0.25) is 0 Å². The highest BCUT2D eigenvalue weighted by molar-refractivity contribution is 6.10. The van der Waals surface area contributed by atoms with E-state index in [1.807, 2.05) is 40.3 Å². The Bertz CT molecular complexity index is 4500. The van der Waals surface area contributed by atoms with E-state index in [1.54, 1.807) is 14.2 Å². The first kappa shape index (κ1) is 55.5. The predicted octanol–water partition coefficient (Wildman–Crippen LogP) is 17.5. The molecule has 0 aromatic heterocycles. The molecule has 4 nitrogen and oxygen atoms in total. The lowest BCUT2D eigenvalue weighted by Crippen LogP contribution is -2.14. The van der Waals surface area contributed by atoms with E-state index in [-0.39, 0.29) is 10.8 Å². The summed E-state index contributed by atoms with van der Waals surface area (Å²) in [5.74, 6) is 29.8. The molecule has 0 aliphatic rings. The molecule has 82 heavy (non-hydrogen) atoms. The number of methoxy groups -OCH3 is 2. The average Bonchev–Trinajstić information content (AvgIpc) is 2.94. The van der Waals surface area contributed by atoms with Crippen molar-refractivity contribution in [3.63, 3.8) is 0 Å². The van der Waals surface area contributed by atoms with E-state index < -0.39 is 0 Å². The second-order valence-electron chi connectivity index (χ2n) is 23.1. The minimum absolute atomic E-state index is 0.0188. The third-order valence-corrected chi connectivity index (χ3v) is 15.0. The number of hydrogen-bond acceptors (Lipinski definition) is 4. The van der Waals surface area contributed by atoms with Crippen LogP contribution in [0.3, 0.4) is 0 Å². The van der Waals surface area contributed by atoms with Gasteiger partial charge in [0, 0.05) is 84.1 Å². The smallest absolute Gasteiger partial charge is 0.119 e. The monoisotopic (exact) mass is 1060 g/mol. The molecule has 0 aliphatic heterocycles. The molecule has 0 fully saturated rings. The van der Waals surface area contributed by atoms with Crippen LogP contribution in [0.5, 0.6) is 11.5 Å². The van der Waals surface area contributed by atoms with Crippen molar-refractivity contribution >= 4 is 65.2 Å². The number of rotatable bonds is 4. The van der Waals surface area contributed by atoms with E-state index in [0.717, 1.165) is 110 Å². The number of anilines is 2. The van der Waals surface area contributed by atoms with Gasteiger partial charge in [-0.05, 0) is 185 Å². The second-order valence-corrected chi connectivity index (χ2v) is 23.1. The summed E-state index contributed by atoms with van der Waals surface area (Å²) in [5.41, 5.74) is 12.8. The molecule has 11 rings (SSSR count). The summed E-state index contributed by atoms with van der Waals surface area (Å²) >= 11 is 0. The Balaban J connectivity index is 0.000000190. The summed E-state index contributed by atoms with van der Waals surface area (Å²) in [6.45, 7) is 13.5. The second kappa shape index (κ2) is 23.5. The molecule has 0 bridgehead atoms. The fraction of sp³-hybridized carbons (Fsp3) is 0.179. The maximum Gasteiger partial charge on any atom is 0.119 e. The Morgan fingerprint density at radius 1 is 0.317 bits per heavy atom. The molecular weight excluding hydrogens is 997 g/mol. The molecule has 0 spiro atoms. The van der Waals surface area contributed by atoms with Crippen LogP contribution in [0.2, 0.25) is 0 Å². The molecule has 0 atom stereocenters. The maximum absolute atomic E-state index is 5.46. The van der Waals surface area contributed by atoms with Crippen LogP contribution >= 0.6 is 0 Å². The summed E-state index contributed by atoms with van der Waals surface area (Å²) in [6, 6.07) is 67.5. The normalized spacial score (nSPS) is 11.0. The van der Waals surface area contributed by atoms with E-state index in [4.69, 9.17) is 9.47 Å². The number of hydrogen-bond donors (Lipinski definition) is 0. The van der Waals surface area contributed by atoms with E-state index in [1.165, 1.54) is 22.5 Å². The van der Waals surface area contributed by atoms with Crippen LogP contribution in [0, 0.1) is 47.4 Å². The lowest BCUT2D eigenvalue weighted by molar-refractivity contribution is 0.415. The van der Waals surface area contributed by atoms with E-state index >= 15 is 0 Å². The van der Waals surface area contributed by atoms with Crippen molar-refractivity contribution < 1.29 is 9.47 Å². The zero-order valence-corrected chi connectivity index (χ0v) is 49.2. The fourth-order valence-electron chi connectivity index (χ4n) is 10.3. The van der Waals surface area contributed by atoms with Gasteiger partial charge in [0.25, 0.3) is 0 Å². The summed E-state index contributed by atoms with van der Waals surface area (Å²) in [6.07, 6.45) is 0. The largest absolute Gasteiger partial charge is 0.497 e. The third kappa shape index (κ3) is 12.0. The minimum Gasteiger partial charge on any atom is -0.497 e. The van der Waals surface area contributed by atoms with Crippen LogP contribution < -0.4 is 19.3 Å². The van der Waals surface area contributed by atoms with Gasteiger partial charge < -0.3 is 19.3 Å². The van der Waals surface area contributed by atoms with E-state index in [0.29, 0.717) is 0 Å². The van der Waals surface area contributed by atoms with Crippen LogP contribution in [-0.2, 0) is 10.8 Å². The van der Waals surface area contributed by atoms with Crippen LogP contribution in [0.4, 0.5) is 11.4 Å². The van der Waals surface area contributed by atoms with Gasteiger partial charge in [0.1, 0.15) is 11.5 Å². The molecule has 0 radical (unpaired) electrons. The number of benzene rings is 11. The van der Waals surface area contributed by atoms with Crippen LogP contribution in [-0.4, -0.2) is 42.4 Å². The Hall–Kier alpha value is -9.84. The zero-order chi connectivity index (χ0) is 57.7. The zero-order valence-electron chi connectivity index (χ0n) is 49.2. The Labute approximate surface area is 485 Å². The van der Waals surface area contributed by atoms with Gasteiger partial charge >= 0.3 is 0 Å². The highest BCUT2D eigenvalue weighted by atomic mass is 16.5. The molecule has 0 saturated carbocycles. The summed E-state index contributed by atoms with van der Waals surface area (Å²) in [7, 11) is 11.6. The average molecular weight is 1070 g/mol. The van der Waals surface area contributed by atoms with Crippen molar-refractivity contribution in [3.05, 3.63) is 250 Å². The summed E-state index contributed by atoms with van der Waals surface area (Å²) in [4.78, 5) is 4.19. The molecule has 402 valence electrons. The van der Waals surface area contributed by atoms with Crippen LogP contribution in [0.15, 0.2) is 194 Å². The van der Waals surface area contributed by atoms with Gasteiger partial charge in [-0.25, -0.2) is 0 Å². The van der Waals surface area contributed by atoms with Gasteiger partial charge in [-0.1, -0.05) is 174 Å². The minimum atomic E-state index is -0.0768. The van der Waals surface area contributed by atoms with Gasteiger partial charge in [0.2, 0.25) is 0 Å². The third-order valence-electron chi connectivity index (χ3n) is 15.0. The van der Waals surface area contributed by atoms with Crippen molar-refractivity contribution in [2.24, 2.45) is 0 Å². The van der Waals surface area contributed by atoms with Crippen LogP contribution in [0.25, 0.3) is 53.9 Å². The number of ether oxygens (including phenoxy) is 2. The molecule has 0 aliphatic carbocycles. The van der Waals surface area contributed by atoms with Crippen LogP contribution in [0.1, 0.15) is 97.2 Å². The Morgan fingerprint density at radius 2 is 0.732 bits per heavy atom. The molecule has 0 unspecified atom stereocenters. The van der Waals surface area contributed by atoms with Gasteiger partial charge in [-0.2, -0.15) is 0 Å². The molecule has 4 heteroatoms. The molecule has 0 heterocycles. The number of nitrogens with zero attached hydrogens (tertiary/aromatic N) is 2. The summed E-state index contributed by atoms with van der Waals surface area (Å²) in [5, 5.41) is 11.1. The molecule has 11 aromatic carbocycles. The molecule has 0 saturated heterocycles. The first-order chi connectivity index (χ1) is 39.5. The first-order valence-electron chi connectivity index (χ1n) is 27.8. The van der Waals surface area contributed by atoms with E-state index in [2.05, 4.69) is 281 Å². The molecular formula is C78H68N2O2. The van der Waals surface area contributed by atoms with E-state index in [9.17, 15) is 0 Å². The van der Waals surface area contributed by atoms with Gasteiger partial charge in [-0.15, -0.1) is 0 Å². The molecule has 0 N–H and O–H groups in total. The first-order valence-corrected chi connectivity index (χ1v) is 27.8. The highest BCUT2D eigenvalue weighted by Crippen LogP contribution is 2.37. The standard InChI is InChI=1S/C44H34O2.C34H34N2/c1-44(2,3)33-18-23-42-40(21-16-29-10-8-12-31-26-34(45-4)19-24-36(29)31)38-14-6-7-15-39(38)41(43(42)28-33)22-17-30-11-9-13-32-27-35(46-5)20-25-37(30)32;1-34(2,3)33-24-27(18-12-25-13-19-28(20-14-25)35(4)5)30-10-8-9-11-31(30)32(33)23-17-26-15-21-29(22-16-26)36(6)7/h6-15,18-20,23-28H,1-5H3;8-11,13-16,19-22,24H,1-7H3. The van der Waals surface area contributed by atoms with Crippen molar-refractivity contribution in [1.82, 2.24) is 0 Å². The fourth-order valence-corrected chi connectivity index (χ4v) is 10.3. The van der Waals surface area contributed by atoms with Gasteiger partial charge in [0.05, 0.1) is 14.2 Å². The SMILES string of the molecule is CN(C)c1ccc(C#Cc2cc(C(C)(C)C)c(C#Cc3ccc(N(C)C)cc3)c3ccccc23)cc1.COc1ccc2c(C#Cc3c4ccccc4c(C#Cc4cccc5cc(OC)ccc45)c4cc(C(C)(C)C)ccc34)cccc2c1. The lowest BCUT2D eigenvalue weighted by Gasteiger charge is -2.23.